The summed E-state index contributed by atoms with van der Waals surface area (Å²) in [6.07, 6.45) is 1.50. The second kappa shape index (κ2) is 8.98. The summed E-state index contributed by atoms with van der Waals surface area (Å²) in [6.45, 7) is 3.80. The first-order chi connectivity index (χ1) is 14.3. The first-order valence-electron chi connectivity index (χ1n) is 9.51. The van der Waals surface area contributed by atoms with Gasteiger partial charge < -0.3 is 19.3 Å². The molecule has 158 valence electrons. The summed E-state index contributed by atoms with van der Waals surface area (Å²) in [4.78, 5) is 15.7. The first kappa shape index (κ1) is 21.4. The standard InChI is InChI=1S/C23H24FNO5/c1-13(2)30-16-5-6-19(24)14(7-16)8-20-18-11-22(29-4)21(28-3)10-17(18)15(12-25-20)9-23(26)27/h5-7,10-13H,8-9H2,1-4H3,(H,26,27). The summed E-state index contributed by atoms with van der Waals surface area (Å²) >= 11 is 0. The predicted octanol–water partition coefficient (Wildman–Crippen LogP) is 4.40. The van der Waals surface area contributed by atoms with Crippen molar-refractivity contribution in [2.24, 2.45) is 0 Å². The van der Waals surface area contributed by atoms with E-state index in [-0.39, 0.29) is 24.8 Å². The number of pyridine rings is 1. The van der Waals surface area contributed by atoms with E-state index in [2.05, 4.69) is 4.98 Å². The third-order valence-corrected chi connectivity index (χ3v) is 4.65. The van der Waals surface area contributed by atoms with Crippen LogP contribution >= 0.6 is 0 Å². The number of nitrogens with zero attached hydrogens (tertiary/aromatic N) is 1. The van der Waals surface area contributed by atoms with E-state index in [0.29, 0.717) is 44.8 Å². The van der Waals surface area contributed by atoms with Crippen LogP contribution in [0.5, 0.6) is 17.2 Å². The Bertz CT molecular complexity index is 1080. The van der Waals surface area contributed by atoms with Gasteiger partial charge in [0, 0.05) is 18.0 Å². The second-order valence-corrected chi connectivity index (χ2v) is 7.15. The van der Waals surface area contributed by atoms with Crippen LogP contribution in [0.4, 0.5) is 4.39 Å². The molecule has 0 amide bonds. The van der Waals surface area contributed by atoms with Gasteiger partial charge in [-0.15, -0.1) is 0 Å². The molecule has 0 aliphatic heterocycles. The van der Waals surface area contributed by atoms with Gasteiger partial charge in [-0.2, -0.15) is 0 Å². The highest BCUT2D eigenvalue weighted by molar-refractivity contribution is 5.92. The van der Waals surface area contributed by atoms with E-state index in [0.717, 1.165) is 0 Å². The molecule has 1 aromatic heterocycles. The van der Waals surface area contributed by atoms with Crippen molar-refractivity contribution in [2.75, 3.05) is 14.2 Å². The zero-order valence-electron chi connectivity index (χ0n) is 17.4. The lowest BCUT2D eigenvalue weighted by Gasteiger charge is -2.15. The quantitative estimate of drug-likeness (QED) is 0.590. The predicted molar refractivity (Wildman–Crippen MR) is 111 cm³/mol. The van der Waals surface area contributed by atoms with Crippen LogP contribution in [0.3, 0.4) is 0 Å². The fourth-order valence-corrected chi connectivity index (χ4v) is 3.34. The van der Waals surface area contributed by atoms with Crippen LogP contribution in [0.15, 0.2) is 36.5 Å². The molecule has 0 bridgehead atoms. The minimum Gasteiger partial charge on any atom is -0.493 e. The van der Waals surface area contributed by atoms with Gasteiger partial charge >= 0.3 is 5.97 Å². The van der Waals surface area contributed by atoms with Crippen LogP contribution in [0, 0.1) is 5.82 Å². The van der Waals surface area contributed by atoms with E-state index in [1.54, 1.807) is 24.3 Å². The molecule has 1 heterocycles. The number of hydrogen-bond acceptors (Lipinski definition) is 5. The lowest BCUT2D eigenvalue weighted by Crippen LogP contribution is -2.07. The van der Waals surface area contributed by atoms with Crippen LogP contribution in [-0.2, 0) is 17.6 Å². The number of fused-ring (bicyclic) bond motifs is 1. The molecule has 3 aromatic rings. The van der Waals surface area contributed by atoms with Gasteiger partial charge in [0.15, 0.2) is 11.5 Å². The Morgan fingerprint density at radius 3 is 2.33 bits per heavy atom. The molecule has 0 saturated heterocycles. The maximum absolute atomic E-state index is 14.5. The number of hydrogen-bond donors (Lipinski definition) is 1. The molecule has 0 unspecified atom stereocenters. The minimum absolute atomic E-state index is 0.0331. The third kappa shape index (κ3) is 4.62. The lowest BCUT2D eigenvalue weighted by molar-refractivity contribution is -0.136. The van der Waals surface area contributed by atoms with E-state index < -0.39 is 5.97 Å². The molecule has 0 aliphatic rings. The molecule has 2 aromatic carbocycles. The van der Waals surface area contributed by atoms with Crippen molar-refractivity contribution in [2.45, 2.75) is 32.8 Å². The van der Waals surface area contributed by atoms with E-state index in [9.17, 15) is 14.3 Å². The van der Waals surface area contributed by atoms with Crippen molar-refractivity contribution in [3.8, 4) is 17.2 Å². The summed E-state index contributed by atoms with van der Waals surface area (Å²) < 4.78 is 30.9. The van der Waals surface area contributed by atoms with Crippen LogP contribution in [0.1, 0.15) is 30.7 Å². The number of carbonyl (C=O) groups is 1. The van der Waals surface area contributed by atoms with Crippen molar-refractivity contribution in [3.05, 3.63) is 59.2 Å². The molecule has 0 fully saturated rings. The number of aromatic nitrogens is 1. The average molecular weight is 413 g/mol. The molecule has 0 radical (unpaired) electrons. The Morgan fingerprint density at radius 1 is 1.07 bits per heavy atom. The van der Waals surface area contributed by atoms with Gasteiger partial charge in [0.2, 0.25) is 0 Å². The maximum atomic E-state index is 14.5. The minimum atomic E-state index is -0.967. The summed E-state index contributed by atoms with van der Waals surface area (Å²) in [7, 11) is 3.03. The van der Waals surface area contributed by atoms with Gasteiger partial charge in [-0.3, -0.25) is 9.78 Å². The van der Waals surface area contributed by atoms with Gasteiger partial charge in [-0.25, -0.2) is 4.39 Å². The number of aliphatic carboxylic acids is 1. The van der Waals surface area contributed by atoms with Crippen molar-refractivity contribution >= 4 is 16.7 Å². The Morgan fingerprint density at radius 2 is 1.73 bits per heavy atom. The van der Waals surface area contributed by atoms with Gasteiger partial charge in [-0.05, 0) is 60.7 Å². The highest BCUT2D eigenvalue weighted by Crippen LogP contribution is 2.35. The lowest BCUT2D eigenvalue weighted by atomic mass is 9.98. The average Bonchev–Trinajstić information content (AvgIpc) is 2.70. The number of carboxylic acid groups (broad SMARTS) is 1. The van der Waals surface area contributed by atoms with Gasteiger partial charge in [0.1, 0.15) is 11.6 Å². The van der Waals surface area contributed by atoms with E-state index in [4.69, 9.17) is 14.2 Å². The number of halogens is 1. The van der Waals surface area contributed by atoms with Crippen molar-refractivity contribution in [1.82, 2.24) is 4.98 Å². The van der Waals surface area contributed by atoms with E-state index >= 15 is 0 Å². The molecule has 0 aliphatic carbocycles. The van der Waals surface area contributed by atoms with E-state index in [1.165, 1.54) is 26.5 Å². The fraction of sp³-hybridized carbons (Fsp3) is 0.304. The monoisotopic (exact) mass is 413 g/mol. The molecule has 0 saturated carbocycles. The molecule has 30 heavy (non-hydrogen) atoms. The SMILES string of the molecule is COc1cc2c(CC(=O)O)cnc(Cc3cc(OC(C)C)ccc3F)c2cc1OC. The van der Waals surface area contributed by atoms with Crippen molar-refractivity contribution in [3.63, 3.8) is 0 Å². The molecule has 3 rings (SSSR count). The molecular weight excluding hydrogens is 389 g/mol. The smallest absolute Gasteiger partial charge is 0.307 e. The Labute approximate surface area is 174 Å². The molecule has 6 nitrogen and oxygen atoms in total. The Balaban J connectivity index is 2.13. The van der Waals surface area contributed by atoms with Crippen molar-refractivity contribution < 1.29 is 28.5 Å². The Kier molecular flexibility index (Phi) is 6.40. The zero-order valence-corrected chi connectivity index (χ0v) is 17.4. The van der Waals surface area contributed by atoms with Crippen LogP contribution in [0.2, 0.25) is 0 Å². The van der Waals surface area contributed by atoms with Gasteiger partial charge in [0.05, 0.1) is 32.4 Å². The highest BCUT2D eigenvalue weighted by Gasteiger charge is 2.17. The number of rotatable bonds is 8. The fourth-order valence-electron chi connectivity index (χ4n) is 3.34. The number of methoxy groups -OCH3 is 2. The van der Waals surface area contributed by atoms with Crippen LogP contribution in [0.25, 0.3) is 10.8 Å². The van der Waals surface area contributed by atoms with E-state index in [1.807, 2.05) is 13.8 Å². The number of benzene rings is 2. The summed E-state index contributed by atoms with van der Waals surface area (Å²) in [6, 6.07) is 8.10. The Hall–Kier alpha value is -3.35. The van der Waals surface area contributed by atoms with Gasteiger partial charge in [-0.1, -0.05) is 0 Å². The summed E-state index contributed by atoms with van der Waals surface area (Å²) in [5.74, 6) is 0.207. The first-order valence-corrected chi connectivity index (χ1v) is 9.51. The molecule has 7 heteroatoms. The third-order valence-electron chi connectivity index (χ3n) is 4.65. The van der Waals surface area contributed by atoms with Crippen LogP contribution < -0.4 is 14.2 Å². The second-order valence-electron chi connectivity index (χ2n) is 7.15. The number of ether oxygens (including phenoxy) is 3. The highest BCUT2D eigenvalue weighted by atomic mass is 19.1. The zero-order chi connectivity index (χ0) is 21.8. The largest absolute Gasteiger partial charge is 0.493 e. The van der Waals surface area contributed by atoms with Crippen molar-refractivity contribution in [1.29, 1.82) is 0 Å². The summed E-state index contributed by atoms with van der Waals surface area (Å²) in [5, 5.41) is 10.6. The molecular formula is C23H24FNO5. The van der Waals surface area contributed by atoms with Crippen LogP contribution in [-0.4, -0.2) is 36.4 Å². The molecule has 0 atom stereocenters. The number of carboxylic acids is 1. The topological polar surface area (TPSA) is 77.9 Å². The summed E-state index contributed by atoms with van der Waals surface area (Å²) in [5.41, 5.74) is 1.57. The maximum Gasteiger partial charge on any atom is 0.307 e. The molecule has 1 N–H and O–H groups in total. The normalized spacial score (nSPS) is 11.0. The molecule has 0 spiro atoms. The van der Waals surface area contributed by atoms with Gasteiger partial charge in [0.25, 0.3) is 0 Å².